The summed E-state index contributed by atoms with van der Waals surface area (Å²) < 4.78 is 5.08. The second-order valence-corrected chi connectivity index (χ2v) is 5.35. The molecule has 1 saturated heterocycles. The highest BCUT2D eigenvalue weighted by atomic mass is 16.5. The van der Waals surface area contributed by atoms with Gasteiger partial charge in [-0.15, -0.1) is 0 Å². The predicted molar refractivity (Wildman–Crippen MR) is 55.4 cm³/mol. The molecule has 88 valence electrons. The third kappa shape index (κ3) is 1.04. The Hall–Kier alpha value is -0.870. The molecule has 0 aromatic heterocycles. The van der Waals surface area contributed by atoms with Gasteiger partial charge in [0.25, 0.3) is 0 Å². The predicted octanol–water partition coefficient (Wildman–Crippen LogP) is 0.238. The maximum absolute atomic E-state index is 11.9. The molecule has 3 aliphatic rings. The number of hydrogen-bond donors (Lipinski definition) is 2. The van der Waals surface area contributed by atoms with Crippen LogP contribution in [0.25, 0.3) is 0 Å². The SMILES string of the molecule is CC1=C[C@@H]2C[C@H](O)[C@H]3COC(=O)[C@@]3(C1)[C@H]2O. The molecule has 3 rings (SSSR count). The molecule has 4 heteroatoms. The van der Waals surface area contributed by atoms with E-state index in [1.54, 1.807) is 0 Å². The molecule has 1 heterocycles. The number of aliphatic hydroxyl groups excluding tert-OH is 2. The van der Waals surface area contributed by atoms with Crippen LogP contribution in [-0.4, -0.2) is 35.0 Å². The molecular weight excluding hydrogens is 208 g/mol. The van der Waals surface area contributed by atoms with Crippen LogP contribution in [0.1, 0.15) is 19.8 Å². The van der Waals surface area contributed by atoms with E-state index in [1.165, 1.54) is 0 Å². The van der Waals surface area contributed by atoms with E-state index in [-0.39, 0.29) is 24.4 Å². The Bertz CT molecular complexity index is 375. The van der Waals surface area contributed by atoms with E-state index >= 15 is 0 Å². The van der Waals surface area contributed by atoms with Crippen molar-refractivity contribution in [1.29, 1.82) is 0 Å². The highest BCUT2D eigenvalue weighted by Crippen LogP contribution is 2.55. The number of rotatable bonds is 0. The summed E-state index contributed by atoms with van der Waals surface area (Å²) in [5.74, 6) is -0.679. The average Bonchev–Trinajstić information content (AvgIpc) is 2.51. The first-order valence-electron chi connectivity index (χ1n) is 5.76. The number of hydrogen-bond acceptors (Lipinski definition) is 4. The standard InChI is InChI=1S/C12H16O4/c1-6-2-7-3-9(13)8-5-16-11(15)12(8,4-6)10(7)14/h2,7-10,13-14H,3-5H2,1H3/t7-,8-,9+,10+,12-/m1/s1. The summed E-state index contributed by atoms with van der Waals surface area (Å²) in [7, 11) is 0. The molecule has 4 nitrogen and oxygen atoms in total. The van der Waals surface area contributed by atoms with Crippen LogP contribution in [0.5, 0.6) is 0 Å². The number of esters is 1. The van der Waals surface area contributed by atoms with Crippen molar-refractivity contribution < 1.29 is 19.7 Å². The van der Waals surface area contributed by atoms with E-state index in [4.69, 9.17) is 4.74 Å². The Balaban J connectivity index is 2.12. The molecule has 1 aliphatic heterocycles. The third-order valence-electron chi connectivity index (χ3n) is 4.42. The summed E-state index contributed by atoms with van der Waals surface area (Å²) in [5, 5.41) is 20.3. The van der Waals surface area contributed by atoms with Crippen molar-refractivity contribution in [2.45, 2.75) is 32.0 Å². The molecule has 0 amide bonds. The minimum atomic E-state index is -0.874. The van der Waals surface area contributed by atoms with Crippen molar-refractivity contribution >= 4 is 5.97 Å². The van der Waals surface area contributed by atoms with Gasteiger partial charge in [0.05, 0.1) is 18.8 Å². The first-order valence-corrected chi connectivity index (χ1v) is 5.76. The van der Waals surface area contributed by atoms with Gasteiger partial charge in [-0.25, -0.2) is 0 Å². The Kier molecular flexibility index (Phi) is 1.98. The molecule has 2 aliphatic carbocycles. The highest BCUT2D eigenvalue weighted by Gasteiger charge is 2.64. The minimum absolute atomic E-state index is 0.106. The summed E-state index contributed by atoms with van der Waals surface area (Å²) in [6.07, 6.45) is 1.80. The quantitative estimate of drug-likeness (QED) is 0.457. The smallest absolute Gasteiger partial charge is 0.315 e. The summed E-state index contributed by atoms with van der Waals surface area (Å²) in [6.45, 7) is 2.22. The van der Waals surface area contributed by atoms with Crippen LogP contribution >= 0.6 is 0 Å². The van der Waals surface area contributed by atoms with Crippen molar-refractivity contribution in [3.63, 3.8) is 0 Å². The fourth-order valence-electron chi connectivity index (χ4n) is 3.70. The van der Waals surface area contributed by atoms with Crippen LogP contribution in [0.15, 0.2) is 11.6 Å². The van der Waals surface area contributed by atoms with E-state index < -0.39 is 17.6 Å². The minimum Gasteiger partial charge on any atom is -0.465 e. The van der Waals surface area contributed by atoms with Crippen LogP contribution in [0, 0.1) is 17.3 Å². The van der Waals surface area contributed by atoms with Gasteiger partial charge in [-0.2, -0.15) is 0 Å². The molecule has 1 spiro atoms. The second-order valence-electron chi connectivity index (χ2n) is 5.35. The Morgan fingerprint density at radius 3 is 3.00 bits per heavy atom. The first kappa shape index (κ1) is 10.3. The fourth-order valence-corrected chi connectivity index (χ4v) is 3.70. The van der Waals surface area contributed by atoms with Crippen molar-refractivity contribution in [2.24, 2.45) is 17.3 Å². The number of fused-ring (bicyclic) bond motifs is 1. The molecule has 16 heavy (non-hydrogen) atoms. The molecule has 0 aromatic rings. The van der Waals surface area contributed by atoms with E-state index in [1.807, 2.05) is 13.0 Å². The van der Waals surface area contributed by atoms with E-state index in [0.29, 0.717) is 12.8 Å². The number of aliphatic hydroxyl groups is 2. The number of carbonyl (C=O) groups is 1. The van der Waals surface area contributed by atoms with Crippen molar-refractivity contribution in [2.75, 3.05) is 6.61 Å². The van der Waals surface area contributed by atoms with Crippen molar-refractivity contribution in [1.82, 2.24) is 0 Å². The van der Waals surface area contributed by atoms with Crippen LogP contribution in [0.4, 0.5) is 0 Å². The van der Waals surface area contributed by atoms with Gasteiger partial charge in [0.2, 0.25) is 0 Å². The maximum atomic E-state index is 11.9. The molecule has 2 fully saturated rings. The number of allylic oxidation sites excluding steroid dienone is 1. The van der Waals surface area contributed by atoms with Gasteiger partial charge in [0.15, 0.2) is 0 Å². The molecule has 2 N–H and O–H groups in total. The molecule has 0 unspecified atom stereocenters. The van der Waals surface area contributed by atoms with Gasteiger partial charge in [-0.3, -0.25) is 4.79 Å². The van der Waals surface area contributed by atoms with Crippen LogP contribution in [0.2, 0.25) is 0 Å². The number of cyclic esters (lactones) is 1. The molecule has 1 saturated carbocycles. The molecular formula is C12H16O4. The lowest BCUT2D eigenvalue weighted by Crippen LogP contribution is -2.57. The summed E-state index contributed by atoms with van der Waals surface area (Å²) in [5.41, 5.74) is 0.243. The molecule has 5 atom stereocenters. The Morgan fingerprint density at radius 2 is 2.25 bits per heavy atom. The number of carbonyl (C=O) groups excluding carboxylic acids is 1. The monoisotopic (exact) mass is 224 g/mol. The van der Waals surface area contributed by atoms with E-state index in [2.05, 4.69) is 0 Å². The van der Waals surface area contributed by atoms with Crippen LogP contribution in [-0.2, 0) is 9.53 Å². The van der Waals surface area contributed by atoms with E-state index in [0.717, 1.165) is 5.57 Å². The zero-order valence-electron chi connectivity index (χ0n) is 9.22. The van der Waals surface area contributed by atoms with Crippen molar-refractivity contribution in [3.8, 4) is 0 Å². The van der Waals surface area contributed by atoms with E-state index in [9.17, 15) is 15.0 Å². The summed E-state index contributed by atoms with van der Waals surface area (Å²) >= 11 is 0. The van der Waals surface area contributed by atoms with Crippen LogP contribution < -0.4 is 0 Å². The van der Waals surface area contributed by atoms with Gasteiger partial charge < -0.3 is 14.9 Å². The van der Waals surface area contributed by atoms with Gasteiger partial charge in [-0.1, -0.05) is 11.6 Å². The average molecular weight is 224 g/mol. The molecule has 2 bridgehead atoms. The van der Waals surface area contributed by atoms with Gasteiger partial charge >= 0.3 is 5.97 Å². The molecule has 0 radical (unpaired) electrons. The fraction of sp³-hybridized carbons (Fsp3) is 0.750. The highest BCUT2D eigenvalue weighted by molar-refractivity contribution is 5.81. The zero-order valence-corrected chi connectivity index (χ0v) is 9.22. The zero-order chi connectivity index (χ0) is 11.5. The first-order chi connectivity index (χ1) is 7.55. The molecule has 0 aromatic carbocycles. The van der Waals surface area contributed by atoms with Gasteiger partial charge in [-0.05, 0) is 19.8 Å². The Labute approximate surface area is 93.9 Å². The lowest BCUT2D eigenvalue weighted by Gasteiger charge is -2.48. The Morgan fingerprint density at radius 1 is 1.50 bits per heavy atom. The lowest BCUT2D eigenvalue weighted by atomic mass is 9.56. The summed E-state index contributed by atoms with van der Waals surface area (Å²) in [4.78, 5) is 11.9. The van der Waals surface area contributed by atoms with Crippen LogP contribution in [0.3, 0.4) is 0 Å². The summed E-state index contributed by atoms with van der Waals surface area (Å²) in [6, 6.07) is 0. The topological polar surface area (TPSA) is 66.8 Å². The normalized spacial score (nSPS) is 50.7. The van der Waals surface area contributed by atoms with Gasteiger partial charge in [0, 0.05) is 11.8 Å². The second kappa shape index (κ2) is 3.08. The largest absolute Gasteiger partial charge is 0.465 e. The maximum Gasteiger partial charge on any atom is 0.315 e. The third-order valence-corrected chi connectivity index (χ3v) is 4.42. The number of ether oxygens (including phenoxy) is 1. The van der Waals surface area contributed by atoms with Gasteiger partial charge in [0.1, 0.15) is 5.41 Å². The van der Waals surface area contributed by atoms with Crippen molar-refractivity contribution in [3.05, 3.63) is 11.6 Å². The lowest BCUT2D eigenvalue weighted by molar-refractivity contribution is -0.163.